The number of ether oxygens (including phenoxy) is 2. The minimum absolute atomic E-state index is 0.0848. The van der Waals surface area contributed by atoms with Crippen molar-refractivity contribution in [2.45, 2.75) is 18.9 Å². The maximum Gasteiger partial charge on any atom is 0.355 e. The van der Waals surface area contributed by atoms with Gasteiger partial charge in [0.05, 0.1) is 6.61 Å². The van der Waals surface area contributed by atoms with Crippen molar-refractivity contribution in [1.29, 1.82) is 0 Å². The van der Waals surface area contributed by atoms with Crippen LogP contribution in [-0.4, -0.2) is 41.5 Å². The van der Waals surface area contributed by atoms with E-state index in [1.807, 2.05) is 30.3 Å². The topological polar surface area (TPSA) is 81.9 Å². The van der Waals surface area contributed by atoms with E-state index in [0.29, 0.717) is 5.57 Å². The van der Waals surface area contributed by atoms with Crippen molar-refractivity contribution < 1.29 is 19.1 Å². The summed E-state index contributed by atoms with van der Waals surface area (Å²) in [7, 11) is 0. The number of esters is 1. The summed E-state index contributed by atoms with van der Waals surface area (Å²) >= 11 is 5.84. The zero-order valence-electron chi connectivity index (χ0n) is 11.7. The highest BCUT2D eigenvalue weighted by Gasteiger charge is 2.52. The fourth-order valence-corrected chi connectivity index (χ4v) is 2.67. The first-order valence-corrected chi connectivity index (χ1v) is 7.36. The van der Waals surface area contributed by atoms with Crippen molar-refractivity contribution in [3.8, 4) is 0 Å². The second-order valence-electron chi connectivity index (χ2n) is 5.08. The highest BCUT2D eigenvalue weighted by atomic mass is 35.5. The zero-order valence-corrected chi connectivity index (χ0v) is 12.5. The average molecular weight is 323 g/mol. The Hall–Kier alpha value is -1.89. The maximum absolute atomic E-state index is 12.4. The lowest BCUT2D eigenvalue weighted by molar-refractivity contribution is -0.181. The predicted octanol–water partition coefficient (Wildman–Crippen LogP) is 0.748. The smallest absolute Gasteiger partial charge is 0.355 e. The van der Waals surface area contributed by atoms with Crippen molar-refractivity contribution in [2.75, 3.05) is 12.5 Å². The van der Waals surface area contributed by atoms with Gasteiger partial charge in [-0.1, -0.05) is 30.3 Å². The molecule has 0 bridgehead atoms. The van der Waals surface area contributed by atoms with E-state index in [1.54, 1.807) is 0 Å². The van der Waals surface area contributed by atoms with E-state index in [9.17, 15) is 9.59 Å². The number of rotatable bonds is 4. The third kappa shape index (κ3) is 2.49. The summed E-state index contributed by atoms with van der Waals surface area (Å²) in [4.78, 5) is 25.5. The number of benzene rings is 1. The molecule has 116 valence electrons. The van der Waals surface area contributed by atoms with Crippen molar-refractivity contribution in [3.63, 3.8) is 0 Å². The molecule has 22 heavy (non-hydrogen) atoms. The Morgan fingerprint density at radius 2 is 2.14 bits per heavy atom. The minimum Gasteiger partial charge on any atom is -0.456 e. The lowest BCUT2D eigenvalue weighted by Gasteiger charge is -2.48. The molecule has 2 aliphatic rings. The first-order chi connectivity index (χ1) is 10.6. The fraction of sp³-hybridized carbons (Fsp3) is 0.333. The quantitative estimate of drug-likeness (QED) is 0.502. The Balaban J connectivity index is 1.76. The first-order valence-electron chi connectivity index (χ1n) is 6.82. The molecule has 0 aliphatic carbocycles. The number of nitrogens with zero attached hydrogens (tertiary/aromatic N) is 1. The molecule has 7 heteroatoms. The van der Waals surface area contributed by atoms with Gasteiger partial charge in [0, 0.05) is 11.5 Å². The molecule has 3 rings (SSSR count). The number of carbonyl (C=O) groups is 2. The van der Waals surface area contributed by atoms with Crippen LogP contribution < -0.4 is 5.73 Å². The lowest BCUT2D eigenvalue weighted by Crippen LogP contribution is -2.71. The molecule has 2 heterocycles. The summed E-state index contributed by atoms with van der Waals surface area (Å²) < 4.78 is 10.7. The first kappa shape index (κ1) is 15.0. The number of amides is 1. The largest absolute Gasteiger partial charge is 0.456 e. The van der Waals surface area contributed by atoms with Gasteiger partial charge in [-0.2, -0.15) is 0 Å². The summed E-state index contributed by atoms with van der Waals surface area (Å²) in [5.41, 5.74) is 7.21. The molecule has 2 atom stereocenters. The molecule has 0 radical (unpaired) electrons. The van der Waals surface area contributed by atoms with Gasteiger partial charge in [0.2, 0.25) is 0 Å². The van der Waals surface area contributed by atoms with Crippen LogP contribution in [0, 0.1) is 0 Å². The Bertz CT molecular complexity index is 632. The predicted molar refractivity (Wildman–Crippen MR) is 78.5 cm³/mol. The number of halogens is 1. The van der Waals surface area contributed by atoms with Gasteiger partial charge in [-0.3, -0.25) is 9.69 Å². The number of alkyl halides is 1. The molecular formula is C15H15ClN2O4. The van der Waals surface area contributed by atoms with Gasteiger partial charge in [0.15, 0.2) is 6.23 Å². The number of carbonyl (C=O) groups excluding carboxylic acids is 2. The van der Waals surface area contributed by atoms with E-state index in [0.717, 1.165) is 5.56 Å². The highest BCUT2D eigenvalue weighted by molar-refractivity contribution is 6.20. The lowest BCUT2D eigenvalue weighted by atomic mass is 10.00. The number of nitrogens with two attached hydrogens (primary N) is 1. The molecule has 1 amide bonds. The molecule has 0 spiro atoms. The molecule has 1 saturated heterocycles. The number of hydrogen-bond acceptors (Lipinski definition) is 5. The van der Waals surface area contributed by atoms with Crippen molar-refractivity contribution in [3.05, 3.63) is 47.2 Å². The van der Waals surface area contributed by atoms with Gasteiger partial charge in [0.25, 0.3) is 5.91 Å². The molecule has 1 fully saturated rings. The van der Waals surface area contributed by atoms with Crippen LogP contribution in [0.1, 0.15) is 5.56 Å². The monoisotopic (exact) mass is 322 g/mol. The van der Waals surface area contributed by atoms with Crippen molar-refractivity contribution >= 4 is 23.5 Å². The SMILES string of the molecule is NC1C(=O)N2C(C(=O)OCc3ccccc3)=C(CCl)COC12. The van der Waals surface area contributed by atoms with E-state index < -0.39 is 18.2 Å². The number of β-lactam (4-membered cyclic amide) rings is 1. The molecular weight excluding hydrogens is 308 g/mol. The van der Waals surface area contributed by atoms with Crippen LogP contribution in [0.25, 0.3) is 0 Å². The van der Waals surface area contributed by atoms with E-state index in [4.69, 9.17) is 26.8 Å². The Kier molecular flexibility index (Phi) is 4.15. The van der Waals surface area contributed by atoms with Crippen LogP contribution in [0.5, 0.6) is 0 Å². The van der Waals surface area contributed by atoms with Gasteiger partial charge in [-0.05, 0) is 5.56 Å². The van der Waals surface area contributed by atoms with Gasteiger partial charge in [0.1, 0.15) is 18.3 Å². The van der Waals surface area contributed by atoms with Crippen LogP contribution in [-0.2, 0) is 25.7 Å². The van der Waals surface area contributed by atoms with Crippen LogP contribution in [0.4, 0.5) is 0 Å². The summed E-state index contributed by atoms with van der Waals surface area (Å²) in [6, 6.07) is 8.55. The van der Waals surface area contributed by atoms with Gasteiger partial charge in [-0.15, -0.1) is 11.6 Å². The fourth-order valence-electron chi connectivity index (χ4n) is 2.46. The van der Waals surface area contributed by atoms with Gasteiger partial charge < -0.3 is 15.2 Å². The minimum atomic E-state index is -0.742. The molecule has 1 aromatic rings. The van der Waals surface area contributed by atoms with E-state index >= 15 is 0 Å². The third-order valence-corrected chi connectivity index (χ3v) is 3.98. The molecule has 0 saturated carbocycles. The molecule has 0 aromatic heterocycles. The highest BCUT2D eigenvalue weighted by Crippen LogP contribution is 2.32. The third-order valence-electron chi connectivity index (χ3n) is 3.66. The standard InChI is InChI=1S/C15H15ClN2O4/c16-6-10-8-21-14-11(17)13(19)18(14)12(10)15(20)22-7-9-4-2-1-3-5-9/h1-5,11,14H,6-8,17H2. The molecule has 2 aliphatic heterocycles. The summed E-state index contributed by atoms with van der Waals surface area (Å²) in [5.74, 6) is -0.867. The second-order valence-corrected chi connectivity index (χ2v) is 5.35. The van der Waals surface area contributed by atoms with Crippen molar-refractivity contribution in [2.24, 2.45) is 5.73 Å². The molecule has 2 N–H and O–H groups in total. The zero-order chi connectivity index (χ0) is 15.7. The normalized spacial score (nSPS) is 23.9. The van der Waals surface area contributed by atoms with Crippen LogP contribution in [0.15, 0.2) is 41.6 Å². The Morgan fingerprint density at radius 1 is 1.41 bits per heavy atom. The van der Waals surface area contributed by atoms with Crippen molar-refractivity contribution in [1.82, 2.24) is 4.90 Å². The van der Waals surface area contributed by atoms with Crippen LogP contribution in [0.3, 0.4) is 0 Å². The molecule has 6 nitrogen and oxygen atoms in total. The van der Waals surface area contributed by atoms with E-state index in [1.165, 1.54) is 4.90 Å². The summed E-state index contributed by atoms with van der Waals surface area (Å²) in [5, 5.41) is 0. The summed E-state index contributed by atoms with van der Waals surface area (Å²) in [6.45, 7) is 0.291. The van der Waals surface area contributed by atoms with Crippen LogP contribution >= 0.6 is 11.6 Å². The van der Waals surface area contributed by atoms with Crippen LogP contribution in [0.2, 0.25) is 0 Å². The number of fused-ring (bicyclic) bond motifs is 1. The number of hydrogen-bond donors (Lipinski definition) is 1. The molecule has 1 aromatic carbocycles. The Morgan fingerprint density at radius 3 is 2.82 bits per heavy atom. The Labute approximate surface area is 132 Å². The van der Waals surface area contributed by atoms with Gasteiger partial charge in [-0.25, -0.2) is 4.79 Å². The summed E-state index contributed by atoms with van der Waals surface area (Å²) in [6.07, 6.45) is -0.612. The van der Waals surface area contributed by atoms with E-state index in [-0.39, 0.29) is 30.7 Å². The second kappa shape index (κ2) is 6.08. The maximum atomic E-state index is 12.4. The average Bonchev–Trinajstić information content (AvgIpc) is 2.58. The van der Waals surface area contributed by atoms with Gasteiger partial charge >= 0.3 is 5.97 Å². The van der Waals surface area contributed by atoms with E-state index in [2.05, 4.69) is 0 Å². The molecule has 2 unspecified atom stereocenters.